The molecule has 17 heteroatoms. The zero-order valence-corrected chi connectivity index (χ0v) is 23.2. The largest absolute Gasteiger partial charge is 0.479 e. The lowest BCUT2D eigenvalue weighted by molar-refractivity contribution is -0.165. The van der Waals surface area contributed by atoms with Crippen LogP contribution < -0.4 is 16.4 Å². The van der Waals surface area contributed by atoms with Crippen LogP contribution in [0.5, 0.6) is 0 Å². The van der Waals surface area contributed by atoms with Crippen molar-refractivity contribution in [1.82, 2.24) is 9.97 Å². The molecule has 3 rings (SSSR count). The summed E-state index contributed by atoms with van der Waals surface area (Å²) >= 11 is 0. The van der Waals surface area contributed by atoms with Gasteiger partial charge in [-0.15, -0.1) is 4.99 Å². The fraction of sp³-hybridized carbons (Fsp3) is 0.423. The number of esters is 1. The molecule has 8 N–H and O–H groups in total. The Bertz CT molecular complexity index is 1240. The van der Waals surface area contributed by atoms with Gasteiger partial charge in [0.1, 0.15) is 13.2 Å². The summed E-state index contributed by atoms with van der Waals surface area (Å²) in [4.78, 5) is 56.9. The number of piperidine rings is 1. The molecular weight excluding hydrogens is 572 g/mol. The Balaban J connectivity index is 0.000000553. The van der Waals surface area contributed by atoms with Crippen LogP contribution in [-0.2, 0) is 35.2 Å². The highest BCUT2D eigenvalue weighted by Gasteiger charge is 2.29. The minimum absolute atomic E-state index is 0.0176. The number of aliphatic carboxylic acids is 2. The van der Waals surface area contributed by atoms with Gasteiger partial charge in [-0.3, -0.25) is 0 Å². The lowest BCUT2D eigenvalue weighted by atomic mass is 10.1. The van der Waals surface area contributed by atoms with Crippen LogP contribution in [0.15, 0.2) is 41.7 Å². The number of aliphatic hydroxyl groups excluding tert-OH is 2. The highest BCUT2D eigenvalue weighted by molar-refractivity contribution is 5.87. The number of nitrogens with zero attached hydrogens (tertiary/aromatic N) is 4. The molecule has 1 aromatic heterocycles. The molecule has 1 aromatic carbocycles. The minimum atomic E-state index is -2.27. The van der Waals surface area contributed by atoms with E-state index in [0.29, 0.717) is 12.6 Å². The summed E-state index contributed by atoms with van der Waals surface area (Å²) in [5, 5.41) is 32.5. The molecule has 0 spiro atoms. The van der Waals surface area contributed by atoms with Crippen LogP contribution in [0.25, 0.3) is 11.1 Å². The van der Waals surface area contributed by atoms with Crippen molar-refractivity contribution in [2.75, 3.05) is 31.2 Å². The van der Waals surface area contributed by atoms with Crippen molar-refractivity contribution >= 4 is 35.9 Å². The topological polar surface area (TPSA) is 270 Å². The molecule has 1 aliphatic heterocycles. The van der Waals surface area contributed by atoms with E-state index in [1.165, 1.54) is 0 Å². The van der Waals surface area contributed by atoms with Crippen molar-refractivity contribution in [2.45, 2.75) is 44.7 Å². The first-order valence-electron chi connectivity index (χ1n) is 12.9. The quantitative estimate of drug-likeness (QED) is 0.107. The number of guanidine groups is 1. The third kappa shape index (κ3) is 11.9. The van der Waals surface area contributed by atoms with Crippen LogP contribution >= 0.6 is 0 Å². The number of carbonyl (C=O) groups excluding carboxylic acids is 2. The number of hydrogen-bond donors (Lipinski definition) is 6. The number of aliphatic imine (C=N–C) groups is 1. The number of hydrogen-bond acceptors (Lipinski definition) is 12. The van der Waals surface area contributed by atoms with E-state index in [9.17, 15) is 19.2 Å². The fourth-order valence-electron chi connectivity index (χ4n) is 3.64. The van der Waals surface area contributed by atoms with E-state index in [1.54, 1.807) is 19.3 Å². The number of carboxylic acids is 2. The maximum atomic E-state index is 11.5. The van der Waals surface area contributed by atoms with Gasteiger partial charge < -0.3 is 51.0 Å². The Labute approximate surface area is 245 Å². The van der Waals surface area contributed by atoms with E-state index in [2.05, 4.69) is 19.9 Å². The molecule has 2 aromatic rings. The Morgan fingerprint density at radius 2 is 1.60 bits per heavy atom. The number of amides is 1. The Hall–Kier alpha value is -4.87. The number of aliphatic hydroxyl groups is 2. The van der Waals surface area contributed by atoms with Crippen molar-refractivity contribution < 1.29 is 53.8 Å². The molecule has 1 saturated heterocycles. The van der Waals surface area contributed by atoms with Crippen molar-refractivity contribution in [3.63, 3.8) is 0 Å². The van der Waals surface area contributed by atoms with Crippen molar-refractivity contribution in [3.8, 4) is 11.1 Å². The molecule has 234 valence electrons. The van der Waals surface area contributed by atoms with Gasteiger partial charge in [-0.1, -0.05) is 18.2 Å². The van der Waals surface area contributed by atoms with Crippen LogP contribution in [0, 0.1) is 0 Å². The number of carboxylic acid groups (broad SMARTS) is 2. The number of carbonyl (C=O) groups is 4. The molecule has 1 fully saturated rings. The SMILES string of the molecule is CCOC(=O)COC1CCN(c2ncc(-c3cccc(COC(=O)N=C(N)N)c3)cn2)CC1.O=C(O)[C@H](O)[C@@H](O)C(=O)O. The molecule has 2 heterocycles. The third-order valence-electron chi connectivity index (χ3n) is 5.75. The van der Waals surface area contributed by atoms with Gasteiger partial charge in [-0.25, -0.2) is 29.1 Å². The number of anilines is 1. The number of benzene rings is 1. The Kier molecular flexibility index (Phi) is 13.7. The molecule has 1 amide bonds. The molecule has 0 unspecified atom stereocenters. The van der Waals surface area contributed by atoms with Crippen LogP contribution in [0.3, 0.4) is 0 Å². The van der Waals surface area contributed by atoms with Crippen LogP contribution in [0.4, 0.5) is 10.7 Å². The molecule has 17 nitrogen and oxygen atoms in total. The predicted octanol–water partition coefficient (Wildman–Crippen LogP) is -0.520. The van der Waals surface area contributed by atoms with Gasteiger partial charge in [0, 0.05) is 31.0 Å². The molecule has 0 radical (unpaired) electrons. The van der Waals surface area contributed by atoms with Gasteiger partial charge in [0.2, 0.25) is 5.95 Å². The first-order valence-corrected chi connectivity index (χ1v) is 12.9. The molecule has 0 saturated carbocycles. The smallest absolute Gasteiger partial charge is 0.437 e. The van der Waals surface area contributed by atoms with E-state index >= 15 is 0 Å². The van der Waals surface area contributed by atoms with Crippen molar-refractivity contribution in [2.24, 2.45) is 16.5 Å². The maximum Gasteiger partial charge on any atom is 0.437 e. The van der Waals surface area contributed by atoms with Gasteiger partial charge in [0.25, 0.3) is 0 Å². The molecule has 1 aliphatic rings. The van der Waals surface area contributed by atoms with E-state index in [4.69, 9.17) is 46.1 Å². The van der Waals surface area contributed by atoms with Gasteiger partial charge >= 0.3 is 24.0 Å². The minimum Gasteiger partial charge on any atom is -0.479 e. The number of ether oxygens (including phenoxy) is 3. The van der Waals surface area contributed by atoms with Gasteiger partial charge in [-0.2, -0.15) is 0 Å². The Morgan fingerprint density at radius 1 is 1.00 bits per heavy atom. The molecule has 0 aliphatic carbocycles. The summed E-state index contributed by atoms with van der Waals surface area (Å²) < 4.78 is 15.5. The second-order valence-electron chi connectivity index (χ2n) is 8.93. The third-order valence-corrected chi connectivity index (χ3v) is 5.75. The highest BCUT2D eigenvalue weighted by Crippen LogP contribution is 2.23. The van der Waals surface area contributed by atoms with Crippen molar-refractivity contribution in [3.05, 3.63) is 42.2 Å². The monoisotopic (exact) mass is 606 g/mol. The summed E-state index contributed by atoms with van der Waals surface area (Å²) in [6, 6.07) is 7.49. The lowest BCUT2D eigenvalue weighted by Gasteiger charge is -2.31. The molecule has 43 heavy (non-hydrogen) atoms. The van der Waals surface area contributed by atoms with Crippen LogP contribution in [-0.4, -0.2) is 105 Å². The average molecular weight is 607 g/mol. The number of rotatable bonds is 11. The predicted molar refractivity (Wildman–Crippen MR) is 149 cm³/mol. The Morgan fingerprint density at radius 3 is 2.14 bits per heavy atom. The zero-order valence-electron chi connectivity index (χ0n) is 23.2. The van der Waals surface area contributed by atoms with E-state index < -0.39 is 30.2 Å². The van der Waals surface area contributed by atoms with E-state index in [1.807, 2.05) is 24.3 Å². The number of nitrogens with two attached hydrogens (primary N) is 2. The van der Waals surface area contributed by atoms with E-state index in [0.717, 1.165) is 42.6 Å². The maximum absolute atomic E-state index is 11.5. The summed E-state index contributed by atoms with van der Waals surface area (Å²) in [5.41, 5.74) is 12.8. The molecule has 2 atom stereocenters. The van der Waals surface area contributed by atoms with E-state index in [-0.39, 0.29) is 31.2 Å². The summed E-state index contributed by atoms with van der Waals surface area (Å²) in [6.07, 6.45) is -0.269. The first kappa shape index (κ1) is 34.3. The average Bonchev–Trinajstić information content (AvgIpc) is 2.99. The van der Waals surface area contributed by atoms with Crippen molar-refractivity contribution in [1.29, 1.82) is 0 Å². The molecule has 0 bridgehead atoms. The normalized spacial score (nSPS) is 14.3. The fourth-order valence-corrected chi connectivity index (χ4v) is 3.64. The van der Waals surface area contributed by atoms with Gasteiger partial charge in [0.15, 0.2) is 18.2 Å². The second kappa shape index (κ2) is 17.2. The summed E-state index contributed by atoms with van der Waals surface area (Å²) in [7, 11) is 0. The van der Waals surface area contributed by atoms with Crippen LogP contribution in [0.1, 0.15) is 25.3 Å². The zero-order chi connectivity index (χ0) is 31.9. The summed E-state index contributed by atoms with van der Waals surface area (Å²) in [6.45, 7) is 3.62. The lowest BCUT2D eigenvalue weighted by Crippen LogP contribution is -2.39. The second-order valence-corrected chi connectivity index (χ2v) is 8.93. The summed E-state index contributed by atoms with van der Waals surface area (Å²) in [5.74, 6) is -3.58. The first-order chi connectivity index (χ1) is 20.4. The van der Waals surface area contributed by atoms with Gasteiger partial charge in [-0.05, 0) is 37.0 Å². The van der Waals surface area contributed by atoms with Crippen LogP contribution in [0.2, 0.25) is 0 Å². The number of aromatic nitrogens is 2. The van der Waals surface area contributed by atoms with Gasteiger partial charge in [0.05, 0.1) is 12.7 Å². The standard InChI is InChI=1S/C22H28N6O5.C4H6O6/c1-2-31-19(29)14-32-18-6-8-28(9-7-18)21-25-11-17(12-26-21)16-5-3-4-15(10-16)13-33-22(30)27-20(23)24;5-1(3(7)8)2(6)4(9)10/h3-5,10-12,18H,2,6-9,13-14H2,1H3,(H4,23,24,27,30);1-2,5-6H,(H,7,8)(H,9,10)/t;1-,2-/m.1/s1. The highest BCUT2D eigenvalue weighted by atomic mass is 16.6. The molecular formula is C26H34N6O11.